The molecule has 7 nitrogen and oxygen atoms in total. The lowest BCUT2D eigenvalue weighted by atomic mass is 9.44. The number of hydrogen-bond donors (Lipinski definition) is 5. The van der Waals surface area contributed by atoms with Crippen molar-refractivity contribution in [2.24, 2.45) is 58.2 Å². The molecule has 9 heteroatoms. The maximum Gasteiger partial charge on any atom is 0.339 e. The molecule has 4 saturated carbocycles. The molecule has 6 rings (SSSR count). The minimum atomic E-state index is -1.33. The van der Waals surface area contributed by atoms with E-state index in [0.717, 1.165) is 47.8 Å². The summed E-state index contributed by atoms with van der Waals surface area (Å²) >= 11 is 12.6. The summed E-state index contributed by atoms with van der Waals surface area (Å²) in [5.41, 5.74) is 1.58. The predicted octanol–water partition coefficient (Wildman–Crippen LogP) is 12.9. The largest absolute Gasteiger partial charge is 0.505 e. The quantitative estimate of drug-likeness (QED) is 0.144. The van der Waals surface area contributed by atoms with Crippen LogP contribution in [0.4, 0.5) is 0 Å². The third-order valence-corrected chi connectivity index (χ3v) is 15.7. The predicted molar refractivity (Wildman–Crippen MR) is 218 cm³/mol. The number of hydrogen-bond acceptors (Lipinski definition) is 5. The van der Waals surface area contributed by atoms with Crippen molar-refractivity contribution in [2.45, 2.75) is 125 Å². The molecule has 0 aromatic heterocycles. The third-order valence-electron chi connectivity index (χ3n) is 15.1. The highest BCUT2D eigenvalue weighted by atomic mass is 35.5. The molecule has 0 radical (unpaired) electrons. The molecule has 54 heavy (non-hydrogen) atoms. The van der Waals surface area contributed by atoms with E-state index in [1.165, 1.54) is 101 Å². The maximum atomic E-state index is 12.0. The molecule has 7 N–H and O–H groups in total. The Labute approximate surface area is 332 Å². The van der Waals surface area contributed by atoms with Gasteiger partial charge < -0.3 is 26.6 Å². The molecule has 2 aromatic rings. The Hall–Kier alpha value is -2.74. The second kappa shape index (κ2) is 16.8. The molecule has 2 aromatic carbocycles. The zero-order chi connectivity index (χ0) is 38.4. The van der Waals surface area contributed by atoms with Gasteiger partial charge in [0.25, 0.3) is 0 Å². The average Bonchev–Trinajstić information content (AvgIpc) is 3.46. The summed E-state index contributed by atoms with van der Waals surface area (Å²) in [5.74, 6) is 2.64. The number of carboxylic acids is 2. The summed E-state index contributed by atoms with van der Waals surface area (Å²) in [6.07, 6.45) is 19.8. The summed E-state index contributed by atoms with van der Waals surface area (Å²) in [7, 11) is 0. The van der Waals surface area contributed by atoms with Gasteiger partial charge in [-0.05, 0) is 170 Å². The van der Waals surface area contributed by atoms with Crippen molar-refractivity contribution in [3.63, 3.8) is 0 Å². The highest BCUT2D eigenvalue weighted by molar-refractivity contribution is 6.33. The highest BCUT2D eigenvalue weighted by Gasteiger charge is 2.60. The molecule has 4 aliphatic carbocycles. The van der Waals surface area contributed by atoms with Crippen LogP contribution in [-0.4, -0.2) is 32.4 Å². The molecular formula is C45H63Cl2NO6. The Morgan fingerprint density at radius 3 is 1.94 bits per heavy atom. The molecule has 4 fully saturated rings. The van der Waals surface area contributed by atoms with Crippen molar-refractivity contribution < 1.29 is 30.0 Å². The molecule has 4 aliphatic rings. The molecule has 298 valence electrons. The van der Waals surface area contributed by atoms with Gasteiger partial charge in [-0.3, -0.25) is 0 Å². The van der Waals surface area contributed by atoms with E-state index in [2.05, 4.69) is 34.6 Å². The number of rotatable bonds is 12. The Bertz CT molecular complexity index is 1670. The molecule has 9 atom stereocenters. The number of benzene rings is 2. The van der Waals surface area contributed by atoms with Crippen LogP contribution in [0.2, 0.25) is 10.0 Å². The number of aromatic carboxylic acids is 2. The summed E-state index contributed by atoms with van der Waals surface area (Å²) < 4.78 is 0. The first-order chi connectivity index (χ1) is 25.0. The van der Waals surface area contributed by atoms with Crippen molar-refractivity contribution in [3.05, 3.63) is 62.6 Å². The fourth-order valence-corrected chi connectivity index (χ4v) is 12.8. The molecule has 0 spiro atoms. The second-order valence-electron chi connectivity index (χ2n) is 18.3. The van der Waals surface area contributed by atoms with E-state index in [9.17, 15) is 30.0 Å². The van der Waals surface area contributed by atoms with Crippen LogP contribution in [0.15, 0.2) is 30.3 Å². The molecule has 0 saturated heterocycles. The van der Waals surface area contributed by atoms with Gasteiger partial charge >= 0.3 is 11.9 Å². The number of halogens is 2. The average molecular weight is 785 g/mol. The first-order valence-corrected chi connectivity index (χ1v) is 21.0. The van der Waals surface area contributed by atoms with Crippen LogP contribution in [-0.2, 0) is 0 Å². The SMILES string of the molecule is CC(C)CCCC(C)[C@H]1CC[C@H]2[C@H]3CC[C@@H]4C[C@H](CCC=C(c5cc(Cl)c(O)c(C(=O)O)c5)c5cc(Cl)c(O)c(C(=O)O)c5)CC[C@]4(C)[C@H]3CC[C@]12C.N. The van der Waals surface area contributed by atoms with Crippen molar-refractivity contribution in [1.29, 1.82) is 0 Å². The topological polar surface area (TPSA) is 150 Å². The minimum absolute atomic E-state index is 0. The van der Waals surface area contributed by atoms with Crippen LogP contribution in [0.5, 0.6) is 11.5 Å². The Morgan fingerprint density at radius 1 is 0.796 bits per heavy atom. The summed E-state index contributed by atoms with van der Waals surface area (Å²) in [5, 5.41) is 40.0. The van der Waals surface area contributed by atoms with E-state index < -0.39 is 23.4 Å². The normalized spacial score (nSPS) is 30.7. The lowest BCUT2D eigenvalue weighted by molar-refractivity contribution is -0.121. The molecule has 0 heterocycles. The van der Waals surface area contributed by atoms with Gasteiger partial charge in [0.2, 0.25) is 0 Å². The van der Waals surface area contributed by atoms with Gasteiger partial charge in [-0.2, -0.15) is 0 Å². The first-order valence-electron chi connectivity index (χ1n) is 20.3. The van der Waals surface area contributed by atoms with Crippen LogP contribution >= 0.6 is 23.2 Å². The van der Waals surface area contributed by atoms with E-state index in [1.807, 2.05) is 6.08 Å². The van der Waals surface area contributed by atoms with Crippen molar-refractivity contribution in [3.8, 4) is 11.5 Å². The van der Waals surface area contributed by atoms with E-state index in [4.69, 9.17) is 23.2 Å². The van der Waals surface area contributed by atoms with Crippen LogP contribution in [0.1, 0.15) is 156 Å². The highest BCUT2D eigenvalue weighted by Crippen LogP contribution is 2.69. The third kappa shape index (κ3) is 8.07. The zero-order valence-electron chi connectivity index (χ0n) is 33.0. The Balaban J connectivity index is 0.00000561. The van der Waals surface area contributed by atoms with Gasteiger partial charge in [0.1, 0.15) is 22.6 Å². The lowest BCUT2D eigenvalue weighted by Gasteiger charge is -2.61. The van der Waals surface area contributed by atoms with Gasteiger partial charge in [0.15, 0.2) is 0 Å². The monoisotopic (exact) mass is 783 g/mol. The van der Waals surface area contributed by atoms with Crippen LogP contribution in [0.25, 0.3) is 5.57 Å². The van der Waals surface area contributed by atoms with Crippen LogP contribution in [0, 0.1) is 58.2 Å². The Kier molecular flexibility index (Phi) is 13.2. The van der Waals surface area contributed by atoms with E-state index in [-0.39, 0.29) is 27.3 Å². The number of fused-ring (bicyclic) bond motifs is 5. The summed E-state index contributed by atoms with van der Waals surface area (Å²) in [6, 6.07) is 5.65. The molecule has 0 bridgehead atoms. The molecule has 0 aliphatic heterocycles. The second-order valence-corrected chi connectivity index (χ2v) is 19.2. The van der Waals surface area contributed by atoms with Gasteiger partial charge in [-0.1, -0.05) is 83.2 Å². The van der Waals surface area contributed by atoms with Crippen molar-refractivity contribution >= 4 is 40.7 Å². The van der Waals surface area contributed by atoms with Gasteiger partial charge in [0.05, 0.1) is 10.0 Å². The summed E-state index contributed by atoms with van der Waals surface area (Å²) in [6.45, 7) is 12.6. The fourth-order valence-electron chi connectivity index (χ4n) is 12.3. The number of carbonyl (C=O) groups is 2. The maximum absolute atomic E-state index is 12.0. The summed E-state index contributed by atoms with van der Waals surface area (Å²) in [4.78, 5) is 23.9. The number of carboxylic acid groups (broad SMARTS) is 2. The smallest absolute Gasteiger partial charge is 0.339 e. The standard InChI is InChI=1S/C45H60Cl2O6.H3N/c1-25(2)8-6-9-26(3)35-14-15-36-32-13-12-30-20-27(16-18-44(30,4)37(32)17-19-45(35,36)5)10-7-11-31(28-21-33(42(50)51)40(48)38(46)23-28)29-22-34(43(52)53)41(49)39(47)24-29;/h11,21-27,30,32,35-37,48-49H,6-10,12-20H2,1-5H3,(H,50,51)(H,52,53);1H3/t26?,27-,30-,32-,35-,36+,37+,44+,45-;/m1./s1. The fraction of sp³-hybridized carbons (Fsp3) is 0.644. The Morgan fingerprint density at radius 2 is 1.37 bits per heavy atom. The number of allylic oxidation sites excluding steroid dienone is 1. The van der Waals surface area contributed by atoms with Gasteiger partial charge in [-0.15, -0.1) is 0 Å². The lowest BCUT2D eigenvalue weighted by Crippen LogP contribution is -2.53. The van der Waals surface area contributed by atoms with E-state index in [1.54, 1.807) is 0 Å². The van der Waals surface area contributed by atoms with Crippen molar-refractivity contribution in [2.75, 3.05) is 0 Å². The van der Waals surface area contributed by atoms with Gasteiger partial charge in [0, 0.05) is 0 Å². The molecule has 0 amide bonds. The van der Waals surface area contributed by atoms with Gasteiger partial charge in [-0.25, -0.2) is 9.59 Å². The number of aromatic hydroxyl groups is 2. The van der Waals surface area contributed by atoms with Crippen molar-refractivity contribution in [1.82, 2.24) is 6.15 Å². The van der Waals surface area contributed by atoms with E-state index >= 15 is 0 Å². The molecular weight excluding hydrogens is 721 g/mol. The first kappa shape index (κ1) is 42.4. The van der Waals surface area contributed by atoms with E-state index in [0.29, 0.717) is 39.9 Å². The number of phenols is 2. The zero-order valence-corrected chi connectivity index (χ0v) is 34.5. The molecule has 1 unspecified atom stereocenters. The van der Waals surface area contributed by atoms with Crippen LogP contribution < -0.4 is 6.15 Å². The van der Waals surface area contributed by atoms with Crippen LogP contribution in [0.3, 0.4) is 0 Å². The minimum Gasteiger partial charge on any atom is -0.505 e.